The Labute approximate surface area is 126 Å². The summed E-state index contributed by atoms with van der Waals surface area (Å²) in [5, 5.41) is 12.2. The van der Waals surface area contributed by atoms with Crippen LogP contribution in [0.15, 0.2) is 36.4 Å². The molecule has 0 aliphatic carbocycles. The Kier molecular flexibility index (Phi) is 4.75. The fourth-order valence-corrected chi connectivity index (χ4v) is 2.18. The molecular weight excluding hydrogens is 295 g/mol. The fourth-order valence-electron chi connectivity index (χ4n) is 1.97. The van der Waals surface area contributed by atoms with Crippen molar-refractivity contribution in [3.8, 4) is 0 Å². The average molecular weight is 309 g/mol. The van der Waals surface area contributed by atoms with Gasteiger partial charge >= 0.3 is 5.97 Å². The van der Waals surface area contributed by atoms with Gasteiger partial charge in [-0.25, -0.2) is 14.2 Å². The summed E-state index contributed by atoms with van der Waals surface area (Å²) in [6, 6.07) is 8.94. The van der Waals surface area contributed by atoms with Crippen LogP contribution in [0.2, 0.25) is 5.15 Å². The van der Waals surface area contributed by atoms with Crippen molar-refractivity contribution in [1.29, 1.82) is 0 Å². The number of aromatic nitrogens is 1. The molecule has 110 valence electrons. The van der Waals surface area contributed by atoms with Gasteiger partial charge in [-0.05, 0) is 43.2 Å². The summed E-state index contributed by atoms with van der Waals surface area (Å²) < 4.78 is 12.8. The smallest absolute Gasteiger partial charge is 0.335 e. The Bertz CT molecular complexity index is 647. The molecule has 0 saturated carbocycles. The van der Waals surface area contributed by atoms with Gasteiger partial charge in [-0.1, -0.05) is 23.7 Å². The quantitative estimate of drug-likeness (QED) is 0.828. The first-order valence-electron chi connectivity index (χ1n) is 6.36. The third-order valence-electron chi connectivity index (χ3n) is 2.89. The highest BCUT2D eigenvalue weighted by Gasteiger charge is 2.10. The van der Waals surface area contributed by atoms with Crippen LogP contribution >= 0.6 is 11.6 Å². The second-order valence-electron chi connectivity index (χ2n) is 4.74. The summed E-state index contributed by atoms with van der Waals surface area (Å²) in [4.78, 5) is 15.0. The summed E-state index contributed by atoms with van der Waals surface area (Å²) in [6.45, 7) is 1.92. The Hall–Kier alpha value is -2.14. The lowest BCUT2D eigenvalue weighted by Crippen LogP contribution is -2.19. The van der Waals surface area contributed by atoms with Crippen LogP contribution in [0, 0.1) is 5.82 Å². The molecule has 0 bridgehead atoms. The number of nitrogens with zero attached hydrogens (tertiary/aromatic N) is 1. The van der Waals surface area contributed by atoms with Crippen LogP contribution in [0.1, 0.15) is 22.8 Å². The molecule has 0 saturated heterocycles. The van der Waals surface area contributed by atoms with Gasteiger partial charge in [-0.2, -0.15) is 0 Å². The van der Waals surface area contributed by atoms with Gasteiger partial charge in [0, 0.05) is 6.04 Å². The number of rotatable bonds is 5. The van der Waals surface area contributed by atoms with E-state index in [4.69, 9.17) is 16.7 Å². The van der Waals surface area contributed by atoms with E-state index in [0.717, 1.165) is 5.56 Å². The SMILES string of the molecule is CC(Cc1ccc(F)cc1)Nc1cc(C(=O)O)cc(Cl)n1. The molecule has 0 spiro atoms. The highest BCUT2D eigenvalue weighted by Crippen LogP contribution is 2.16. The summed E-state index contributed by atoms with van der Waals surface area (Å²) in [5.74, 6) is -0.940. The van der Waals surface area contributed by atoms with Crippen LogP contribution in [0.5, 0.6) is 0 Å². The number of aromatic carboxylic acids is 1. The summed E-state index contributed by atoms with van der Waals surface area (Å²) in [6.07, 6.45) is 0.650. The van der Waals surface area contributed by atoms with Crippen molar-refractivity contribution < 1.29 is 14.3 Å². The maximum atomic E-state index is 12.8. The van der Waals surface area contributed by atoms with Gasteiger partial charge in [0.1, 0.15) is 16.8 Å². The number of nitrogens with one attached hydrogen (secondary N) is 1. The minimum Gasteiger partial charge on any atom is -0.478 e. The van der Waals surface area contributed by atoms with Gasteiger partial charge in [0.25, 0.3) is 0 Å². The first kappa shape index (κ1) is 15.3. The van der Waals surface area contributed by atoms with E-state index in [0.29, 0.717) is 12.2 Å². The van der Waals surface area contributed by atoms with Gasteiger partial charge in [-0.3, -0.25) is 0 Å². The second-order valence-corrected chi connectivity index (χ2v) is 5.13. The number of halogens is 2. The average Bonchev–Trinajstić information content (AvgIpc) is 2.40. The van der Waals surface area contributed by atoms with Crippen LogP contribution in [0.3, 0.4) is 0 Å². The zero-order valence-corrected chi connectivity index (χ0v) is 12.1. The molecule has 0 aliphatic rings. The van der Waals surface area contributed by atoms with E-state index >= 15 is 0 Å². The van der Waals surface area contributed by atoms with Gasteiger partial charge < -0.3 is 10.4 Å². The maximum Gasteiger partial charge on any atom is 0.335 e. The molecule has 1 heterocycles. The Morgan fingerprint density at radius 1 is 1.38 bits per heavy atom. The van der Waals surface area contributed by atoms with E-state index < -0.39 is 5.97 Å². The number of hydrogen-bond acceptors (Lipinski definition) is 3. The minimum atomic E-state index is -1.06. The molecule has 1 unspecified atom stereocenters. The molecule has 2 rings (SSSR count). The summed E-state index contributed by atoms with van der Waals surface area (Å²) >= 11 is 5.80. The zero-order chi connectivity index (χ0) is 15.4. The monoisotopic (exact) mass is 308 g/mol. The van der Waals surface area contributed by atoms with Crippen molar-refractivity contribution in [3.05, 3.63) is 58.5 Å². The van der Waals surface area contributed by atoms with E-state index in [-0.39, 0.29) is 22.6 Å². The predicted molar refractivity (Wildman–Crippen MR) is 79.4 cm³/mol. The molecule has 0 aliphatic heterocycles. The Balaban J connectivity index is 2.07. The third kappa shape index (κ3) is 4.43. The molecule has 4 nitrogen and oxygen atoms in total. The van der Waals surface area contributed by atoms with Crippen molar-refractivity contribution in [2.75, 3.05) is 5.32 Å². The van der Waals surface area contributed by atoms with Crippen LogP contribution in [0.4, 0.5) is 10.2 Å². The number of carbonyl (C=O) groups is 1. The number of anilines is 1. The topological polar surface area (TPSA) is 62.2 Å². The minimum absolute atomic E-state index is 0.0110. The number of carboxylic acid groups (broad SMARTS) is 1. The largest absolute Gasteiger partial charge is 0.478 e. The normalized spacial score (nSPS) is 12.0. The molecule has 0 radical (unpaired) electrons. The number of pyridine rings is 1. The van der Waals surface area contributed by atoms with Gasteiger partial charge in [0.2, 0.25) is 0 Å². The van der Waals surface area contributed by atoms with E-state index in [2.05, 4.69) is 10.3 Å². The number of benzene rings is 1. The van der Waals surface area contributed by atoms with E-state index in [1.807, 2.05) is 6.92 Å². The molecule has 0 amide bonds. The van der Waals surface area contributed by atoms with Crippen molar-refractivity contribution in [1.82, 2.24) is 4.98 Å². The summed E-state index contributed by atoms with van der Waals surface area (Å²) in [5.41, 5.74) is 1.04. The molecule has 0 fully saturated rings. The molecule has 2 N–H and O–H groups in total. The highest BCUT2D eigenvalue weighted by molar-refractivity contribution is 6.29. The Morgan fingerprint density at radius 3 is 2.67 bits per heavy atom. The molecular formula is C15H14ClFN2O2. The van der Waals surface area contributed by atoms with Crippen molar-refractivity contribution in [2.45, 2.75) is 19.4 Å². The number of carboxylic acids is 1. The van der Waals surface area contributed by atoms with E-state index in [1.165, 1.54) is 24.3 Å². The molecule has 1 atom stereocenters. The van der Waals surface area contributed by atoms with Crippen LogP contribution in [0.25, 0.3) is 0 Å². The third-order valence-corrected chi connectivity index (χ3v) is 3.08. The van der Waals surface area contributed by atoms with Crippen molar-refractivity contribution in [3.63, 3.8) is 0 Å². The highest BCUT2D eigenvalue weighted by atomic mass is 35.5. The molecule has 6 heteroatoms. The van der Waals surface area contributed by atoms with Gasteiger partial charge in [-0.15, -0.1) is 0 Å². The lowest BCUT2D eigenvalue weighted by atomic mass is 10.1. The van der Waals surface area contributed by atoms with Gasteiger partial charge in [0.15, 0.2) is 0 Å². The predicted octanol–water partition coefficient (Wildman–Crippen LogP) is 3.62. The number of hydrogen-bond donors (Lipinski definition) is 2. The van der Waals surface area contributed by atoms with E-state index in [1.54, 1.807) is 12.1 Å². The maximum absolute atomic E-state index is 12.8. The molecule has 1 aromatic heterocycles. The lowest BCUT2D eigenvalue weighted by Gasteiger charge is -2.15. The molecule has 1 aromatic carbocycles. The Morgan fingerprint density at radius 2 is 2.05 bits per heavy atom. The molecule has 2 aromatic rings. The van der Waals surface area contributed by atoms with Crippen LogP contribution in [-0.4, -0.2) is 22.1 Å². The standard InChI is InChI=1S/C15H14ClFN2O2/c1-9(6-10-2-4-12(17)5-3-10)18-14-8-11(15(20)21)7-13(16)19-14/h2-5,7-9H,6H2,1H3,(H,18,19)(H,20,21). The zero-order valence-electron chi connectivity index (χ0n) is 11.3. The van der Waals surface area contributed by atoms with Crippen molar-refractivity contribution >= 4 is 23.4 Å². The van der Waals surface area contributed by atoms with Crippen molar-refractivity contribution in [2.24, 2.45) is 0 Å². The summed E-state index contributed by atoms with van der Waals surface area (Å²) in [7, 11) is 0. The van der Waals surface area contributed by atoms with Crippen LogP contribution < -0.4 is 5.32 Å². The van der Waals surface area contributed by atoms with Gasteiger partial charge in [0.05, 0.1) is 5.56 Å². The first-order chi connectivity index (χ1) is 9.94. The molecule has 21 heavy (non-hydrogen) atoms. The van der Waals surface area contributed by atoms with Crippen LogP contribution in [-0.2, 0) is 6.42 Å². The van der Waals surface area contributed by atoms with E-state index in [9.17, 15) is 9.18 Å². The second kappa shape index (κ2) is 6.54. The fraction of sp³-hybridized carbons (Fsp3) is 0.200. The lowest BCUT2D eigenvalue weighted by molar-refractivity contribution is 0.0697. The first-order valence-corrected chi connectivity index (χ1v) is 6.73.